The van der Waals surface area contributed by atoms with Gasteiger partial charge in [0.15, 0.2) is 0 Å². The van der Waals surface area contributed by atoms with Gasteiger partial charge in [0.25, 0.3) is 0 Å². The molecule has 1 N–H and O–H groups in total. The zero-order chi connectivity index (χ0) is 17.1. The molecule has 1 aromatic heterocycles. The van der Waals surface area contributed by atoms with Gasteiger partial charge in [-0.05, 0) is 51.0 Å². The molecule has 0 radical (unpaired) electrons. The topological polar surface area (TPSA) is 96.5 Å². The number of carbonyl (C=O) groups excluding carboxylic acids is 1. The molecule has 0 aliphatic heterocycles. The van der Waals surface area contributed by atoms with E-state index in [1.807, 2.05) is 27.7 Å². The zero-order valence-corrected chi connectivity index (χ0v) is 15.0. The van der Waals surface area contributed by atoms with E-state index in [1.165, 1.54) is 11.8 Å². The maximum atomic E-state index is 12.5. The summed E-state index contributed by atoms with van der Waals surface area (Å²) in [5.74, 6) is -0.137. The van der Waals surface area contributed by atoms with Crippen LogP contribution in [-0.2, 0) is 10.3 Å². The van der Waals surface area contributed by atoms with Crippen molar-refractivity contribution in [2.24, 2.45) is 0 Å². The second kappa shape index (κ2) is 6.87. The molecule has 1 aliphatic rings. The third-order valence-electron chi connectivity index (χ3n) is 4.01. The lowest BCUT2D eigenvalue weighted by molar-refractivity contribution is -0.122. The van der Waals surface area contributed by atoms with Gasteiger partial charge < -0.3 is 5.32 Å². The van der Waals surface area contributed by atoms with Gasteiger partial charge in [0.05, 0.1) is 16.9 Å². The first kappa shape index (κ1) is 17.7. The lowest BCUT2D eigenvalue weighted by Gasteiger charge is -2.32. The van der Waals surface area contributed by atoms with Crippen LogP contribution in [0.1, 0.15) is 59.8 Å². The summed E-state index contributed by atoms with van der Waals surface area (Å²) >= 11 is 1.32. The summed E-state index contributed by atoms with van der Waals surface area (Å²) in [4.78, 5) is 12.5. The highest BCUT2D eigenvalue weighted by molar-refractivity contribution is 8.00. The first-order valence-electron chi connectivity index (χ1n) is 7.96. The van der Waals surface area contributed by atoms with E-state index in [4.69, 9.17) is 0 Å². The summed E-state index contributed by atoms with van der Waals surface area (Å²) in [5.41, 5.74) is -0.959. The van der Waals surface area contributed by atoms with Crippen LogP contribution in [0.25, 0.3) is 0 Å². The number of carbonyl (C=O) groups is 1. The van der Waals surface area contributed by atoms with Crippen LogP contribution in [0.2, 0.25) is 0 Å². The predicted molar refractivity (Wildman–Crippen MR) is 87.7 cm³/mol. The molecule has 1 aromatic rings. The molecule has 0 aromatic carbocycles. The Balaban J connectivity index is 2.03. The van der Waals surface area contributed by atoms with E-state index in [9.17, 15) is 10.1 Å². The van der Waals surface area contributed by atoms with E-state index >= 15 is 0 Å². The average Bonchev–Trinajstić information content (AvgIpc) is 2.96. The summed E-state index contributed by atoms with van der Waals surface area (Å²) in [6.45, 7) is 7.83. The first-order chi connectivity index (χ1) is 10.8. The molecule has 1 heterocycles. The van der Waals surface area contributed by atoms with Gasteiger partial charge in [0.2, 0.25) is 11.1 Å². The largest absolute Gasteiger partial charge is 0.337 e. The number of hydrogen-bond donors (Lipinski definition) is 1. The Morgan fingerprint density at radius 1 is 1.39 bits per heavy atom. The highest BCUT2D eigenvalue weighted by Crippen LogP contribution is 2.29. The fourth-order valence-electron chi connectivity index (χ4n) is 2.64. The van der Waals surface area contributed by atoms with Crippen LogP contribution in [0, 0.1) is 11.3 Å². The van der Waals surface area contributed by atoms with Gasteiger partial charge in [0, 0.05) is 0 Å². The third-order valence-corrected chi connectivity index (χ3v) is 5.04. The van der Waals surface area contributed by atoms with E-state index in [1.54, 1.807) is 4.68 Å². The average molecular weight is 336 g/mol. The molecule has 7 nitrogen and oxygen atoms in total. The molecule has 8 heteroatoms. The molecule has 1 fully saturated rings. The van der Waals surface area contributed by atoms with E-state index in [0.29, 0.717) is 5.16 Å². The van der Waals surface area contributed by atoms with Crippen molar-refractivity contribution >= 4 is 17.7 Å². The second-order valence-corrected chi connectivity index (χ2v) is 8.36. The van der Waals surface area contributed by atoms with E-state index in [0.717, 1.165) is 32.1 Å². The van der Waals surface area contributed by atoms with Gasteiger partial charge in [-0.1, -0.05) is 31.0 Å². The van der Waals surface area contributed by atoms with Crippen LogP contribution in [0.4, 0.5) is 0 Å². The minimum absolute atomic E-state index is 0.137. The maximum absolute atomic E-state index is 12.5. The van der Waals surface area contributed by atoms with Crippen molar-refractivity contribution in [3.63, 3.8) is 0 Å². The van der Waals surface area contributed by atoms with Crippen LogP contribution in [-0.4, -0.2) is 36.9 Å². The highest BCUT2D eigenvalue weighted by atomic mass is 32.2. The van der Waals surface area contributed by atoms with Crippen molar-refractivity contribution in [2.45, 2.75) is 81.3 Å². The van der Waals surface area contributed by atoms with E-state index in [-0.39, 0.29) is 16.7 Å². The van der Waals surface area contributed by atoms with Crippen molar-refractivity contribution in [3.05, 3.63) is 0 Å². The maximum Gasteiger partial charge on any atom is 0.234 e. The molecule has 2 rings (SSSR count). The number of nitrogens with zero attached hydrogens (tertiary/aromatic N) is 5. The molecule has 0 unspecified atom stereocenters. The Morgan fingerprint density at radius 2 is 2.04 bits per heavy atom. The summed E-state index contributed by atoms with van der Waals surface area (Å²) in [6, 6.07) is 2.31. The van der Waals surface area contributed by atoms with E-state index < -0.39 is 5.54 Å². The molecular weight excluding hydrogens is 312 g/mol. The Morgan fingerprint density at radius 3 is 2.61 bits per heavy atom. The normalized spacial score (nSPS) is 18.9. The van der Waals surface area contributed by atoms with Crippen molar-refractivity contribution in [3.8, 4) is 6.07 Å². The summed E-state index contributed by atoms with van der Waals surface area (Å²) < 4.78 is 1.71. The van der Waals surface area contributed by atoms with E-state index in [2.05, 4.69) is 26.9 Å². The number of hydrogen-bond acceptors (Lipinski definition) is 6. The molecule has 1 saturated carbocycles. The van der Waals surface area contributed by atoms with Crippen molar-refractivity contribution < 1.29 is 4.79 Å². The van der Waals surface area contributed by atoms with Crippen molar-refractivity contribution in [1.29, 1.82) is 5.26 Å². The number of nitriles is 1. The Kier molecular flexibility index (Phi) is 5.30. The van der Waals surface area contributed by atoms with Crippen LogP contribution >= 0.6 is 11.8 Å². The van der Waals surface area contributed by atoms with Gasteiger partial charge >= 0.3 is 0 Å². The molecular formula is C15H24N6OS. The number of aromatic nitrogens is 4. The van der Waals surface area contributed by atoms with Gasteiger partial charge in [-0.3, -0.25) is 4.79 Å². The van der Waals surface area contributed by atoms with Gasteiger partial charge in [0.1, 0.15) is 5.54 Å². The molecule has 0 spiro atoms. The minimum atomic E-state index is -0.708. The number of tetrazole rings is 1. The Hall–Kier alpha value is -1.62. The molecule has 126 valence electrons. The zero-order valence-electron chi connectivity index (χ0n) is 14.2. The summed E-state index contributed by atoms with van der Waals surface area (Å²) in [5, 5.41) is 24.4. The SMILES string of the molecule is C[C@@H](Sc1nnnn1C(C)(C)C)C(=O)NC1(C#N)CCCCC1. The van der Waals surface area contributed by atoms with Crippen LogP contribution < -0.4 is 5.32 Å². The van der Waals surface area contributed by atoms with Crippen molar-refractivity contribution in [2.75, 3.05) is 0 Å². The fraction of sp³-hybridized carbons (Fsp3) is 0.800. The Labute approximate surface area is 141 Å². The number of nitrogens with one attached hydrogen (secondary N) is 1. The molecule has 1 aliphatic carbocycles. The van der Waals surface area contributed by atoms with Gasteiger partial charge in [-0.2, -0.15) is 5.26 Å². The van der Waals surface area contributed by atoms with Crippen molar-refractivity contribution in [1.82, 2.24) is 25.5 Å². The molecule has 0 saturated heterocycles. The summed E-state index contributed by atoms with van der Waals surface area (Å²) in [6.07, 6.45) is 4.55. The first-order valence-corrected chi connectivity index (χ1v) is 8.84. The standard InChI is InChI=1S/C15H24N6OS/c1-11(23-13-18-19-20-21(13)14(2,3)4)12(22)17-15(10-16)8-6-5-7-9-15/h11H,5-9H2,1-4H3,(H,17,22)/t11-/m1/s1. The van der Waals surface area contributed by atoms with Gasteiger partial charge in [-0.25, -0.2) is 4.68 Å². The molecule has 1 atom stereocenters. The minimum Gasteiger partial charge on any atom is -0.337 e. The number of amides is 1. The van der Waals surface area contributed by atoms with Crippen LogP contribution in [0.5, 0.6) is 0 Å². The van der Waals surface area contributed by atoms with Crippen LogP contribution in [0.15, 0.2) is 5.16 Å². The second-order valence-electron chi connectivity index (χ2n) is 7.05. The molecule has 1 amide bonds. The monoisotopic (exact) mass is 336 g/mol. The Bertz CT molecular complexity index is 594. The third kappa shape index (κ3) is 4.22. The fourth-order valence-corrected chi connectivity index (χ4v) is 3.62. The molecule has 23 heavy (non-hydrogen) atoms. The number of rotatable bonds is 4. The highest BCUT2D eigenvalue weighted by Gasteiger charge is 2.35. The molecule has 0 bridgehead atoms. The smallest absolute Gasteiger partial charge is 0.234 e. The lowest BCUT2D eigenvalue weighted by Crippen LogP contribution is -2.51. The number of thioether (sulfide) groups is 1. The summed E-state index contributed by atoms with van der Waals surface area (Å²) in [7, 11) is 0. The lowest BCUT2D eigenvalue weighted by atomic mass is 9.83. The van der Waals surface area contributed by atoms with Gasteiger partial charge in [-0.15, -0.1) is 5.10 Å². The van der Waals surface area contributed by atoms with Crippen LogP contribution in [0.3, 0.4) is 0 Å². The quantitative estimate of drug-likeness (QED) is 0.847. The predicted octanol–water partition coefficient (Wildman–Crippen LogP) is 2.25.